The van der Waals surface area contributed by atoms with Crippen LogP contribution in [0.1, 0.15) is 206 Å². The zero-order valence-corrected chi connectivity index (χ0v) is 38.9. The Labute approximate surface area is 373 Å². The molecular weight excluding hydrogens is 767 g/mol. The molecule has 354 valence electrons. The van der Waals surface area contributed by atoms with Crippen molar-refractivity contribution in [2.24, 2.45) is 0 Å². The van der Waals surface area contributed by atoms with Gasteiger partial charge in [0, 0.05) is 6.42 Å². The molecule has 7 atom stereocenters. The quantitative estimate of drug-likeness (QED) is 0.0263. The summed E-state index contributed by atoms with van der Waals surface area (Å²) in [7, 11) is 0. The molecule has 6 N–H and O–H groups in total. The van der Waals surface area contributed by atoms with Crippen LogP contribution in [0.2, 0.25) is 0 Å². The zero-order valence-electron chi connectivity index (χ0n) is 38.9. The average Bonchev–Trinajstić information content (AvgIpc) is 3.26. The minimum atomic E-state index is -1.55. The molecule has 1 rings (SSSR count). The Balaban J connectivity index is 2.02. The minimum Gasteiger partial charge on any atom is -0.394 e. The van der Waals surface area contributed by atoms with E-state index in [1.165, 1.54) is 96.3 Å². The Kier molecular flexibility index (Phi) is 39.1. The number of hydrogen-bond donors (Lipinski definition) is 6. The summed E-state index contributed by atoms with van der Waals surface area (Å²) in [6.07, 6.45) is 48.8. The van der Waals surface area contributed by atoms with Gasteiger partial charge in [0.15, 0.2) is 6.29 Å². The standard InChI is InChI=1S/C52H93NO8/c1-3-5-7-9-10-11-12-13-14-15-16-17-18-19-20-21-22-23-24-25-26-27-28-29-30-31-32-33-34-35-36-38-40-42-48(56)53-45(46(55)41-39-37-8-6-4-2)44-60-52-51(59)50(58)49(57)47(43-54)61-52/h5,7,10-11,13-14,16-17,19-20,45-47,49-52,54-55,57-59H,3-4,6,8-9,12,15,18,21-44H2,1-2H3,(H,53,56)/b7-5-,11-10-,14-13-,17-16-,20-19-. The van der Waals surface area contributed by atoms with Gasteiger partial charge in [0.1, 0.15) is 24.4 Å². The van der Waals surface area contributed by atoms with Crippen molar-refractivity contribution in [1.82, 2.24) is 5.32 Å². The maximum atomic E-state index is 12.9. The zero-order chi connectivity index (χ0) is 44.4. The van der Waals surface area contributed by atoms with E-state index in [0.717, 1.165) is 83.5 Å². The lowest BCUT2D eigenvalue weighted by Gasteiger charge is -2.40. The van der Waals surface area contributed by atoms with E-state index in [1.54, 1.807) is 0 Å². The Morgan fingerprint density at radius 1 is 0.574 bits per heavy atom. The van der Waals surface area contributed by atoms with Crippen LogP contribution in [0.15, 0.2) is 60.8 Å². The van der Waals surface area contributed by atoms with Crippen LogP contribution in [0.5, 0.6) is 0 Å². The highest BCUT2D eigenvalue weighted by Crippen LogP contribution is 2.23. The van der Waals surface area contributed by atoms with E-state index < -0.39 is 49.5 Å². The fourth-order valence-electron chi connectivity index (χ4n) is 7.66. The maximum absolute atomic E-state index is 12.9. The maximum Gasteiger partial charge on any atom is 0.220 e. The molecule has 0 aromatic heterocycles. The molecule has 0 aromatic rings. The number of allylic oxidation sites excluding steroid dienone is 10. The monoisotopic (exact) mass is 860 g/mol. The number of nitrogens with one attached hydrogen (secondary N) is 1. The van der Waals surface area contributed by atoms with Gasteiger partial charge in [-0.2, -0.15) is 0 Å². The van der Waals surface area contributed by atoms with Crippen LogP contribution in [0.25, 0.3) is 0 Å². The number of carbonyl (C=O) groups is 1. The van der Waals surface area contributed by atoms with Crippen molar-refractivity contribution in [3.8, 4) is 0 Å². The second kappa shape index (κ2) is 41.9. The van der Waals surface area contributed by atoms with Gasteiger partial charge in [-0.15, -0.1) is 0 Å². The predicted octanol–water partition coefficient (Wildman–Crippen LogP) is 11.2. The molecule has 0 aliphatic carbocycles. The molecule has 1 amide bonds. The Bertz CT molecular complexity index is 1140. The van der Waals surface area contributed by atoms with Crippen LogP contribution < -0.4 is 5.32 Å². The van der Waals surface area contributed by atoms with Gasteiger partial charge in [0.05, 0.1) is 25.4 Å². The first kappa shape index (κ1) is 56.9. The smallest absolute Gasteiger partial charge is 0.220 e. The van der Waals surface area contributed by atoms with E-state index in [1.807, 2.05) is 0 Å². The van der Waals surface area contributed by atoms with Crippen LogP contribution in [0, 0.1) is 0 Å². The molecule has 0 radical (unpaired) electrons. The lowest BCUT2D eigenvalue weighted by atomic mass is 9.99. The summed E-state index contributed by atoms with van der Waals surface area (Å²) < 4.78 is 11.2. The Hall–Kier alpha value is -2.11. The van der Waals surface area contributed by atoms with Gasteiger partial charge in [-0.05, 0) is 57.8 Å². The number of aliphatic hydroxyl groups excluding tert-OH is 5. The van der Waals surface area contributed by atoms with E-state index in [4.69, 9.17) is 9.47 Å². The molecule has 1 saturated heterocycles. The van der Waals surface area contributed by atoms with Crippen molar-refractivity contribution in [1.29, 1.82) is 0 Å². The summed E-state index contributed by atoms with van der Waals surface area (Å²) in [5.74, 6) is -0.152. The van der Waals surface area contributed by atoms with Gasteiger partial charge in [-0.3, -0.25) is 4.79 Å². The van der Waals surface area contributed by atoms with Gasteiger partial charge in [-0.25, -0.2) is 0 Å². The molecule has 1 heterocycles. The average molecular weight is 860 g/mol. The van der Waals surface area contributed by atoms with Crippen molar-refractivity contribution < 1.29 is 39.8 Å². The summed E-state index contributed by atoms with van der Waals surface area (Å²) in [6.45, 7) is 3.62. The first-order valence-electron chi connectivity index (χ1n) is 25.0. The fourth-order valence-corrected chi connectivity index (χ4v) is 7.66. The van der Waals surface area contributed by atoms with Crippen molar-refractivity contribution in [3.05, 3.63) is 60.8 Å². The summed E-state index contributed by atoms with van der Waals surface area (Å²) in [4.78, 5) is 12.9. The highest BCUT2D eigenvalue weighted by molar-refractivity contribution is 5.76. The molecule has 0 bridgehead atoms. The largest absolute Gasteiger partial charge is 0.394 e. The van der Waals surface area contributed by atoms with E-state index >= 15 is 0 Å². The highest BCUT2D eigenvalue weighted by Gasteiger charge is 2.44. The molecule has 1 fully saturated rings. The minimum absolute atomic E-state index is 0.140. The number of ether oxygens (including phenoxy) is 2. The van der Waals surface area contributed by atoms with Crippen LogP contribution in [0.4, 0.5) is 0 Å². The van der Waals surface area contributed by atoms with Gasteiger partial charge in [-0.1, -0.05) is 203 Å². The third kappa shape index (κ3) is 32.2. The summed E-state index contributed by atoms with van der Waals surface area (Å²) >= 11 is 0. The normalized spacial score (nSPS) is 20.9. The second-order valence-corrected chi connectivity index (χ2v) is 17.2. The molecule has 0 spiro atoms. The van der Waals surface area contributed by atoms with Crippen molar-refractivity contribution in [2.45, 2.75) is 249 Å². The molecule has 61 heavy (non-hydrogen) atoms. The number of unbranched alkanes of at least 4 members (excludes halogenated alkanes) is 21. The van der Waals surface area contributed by atoms with Gasteiger partial charge >= 0.3 is 0 Å². The first-order chi connectivity index (χ1) is 29.8. The van der Waals surface area contributed by atoms with Crippen molar-refractivity contribution >= 4 is 5.91 Å². The molecular formula is C52H93NO8. The van der Waals surface area contributed by atoms with Crippen LogP contribution in [-0.2, 0) is 14.3 Å². The number of aliphatic hydroxyl groups is 5. The Morgan fingerprint density at radius 2 is 1.02 bits per heavy atom. The molecule has 1 aliphatic rings. The topological polar surface area (TPSA) is 149 Å². The van der Waals surface area contributed by atoms with Crippen LogP contribution >= 0.6 is 0 Å². The van der Waals surface area contributed by atoms with Crippen molar-refractivity contribution in [2.75, 3.05) is 13.2 Å². The molecule has 1 aliphatic heterocycles. The van der Waals surface area contributed by atoms with E-state index in [9.17, 15) is 30.3 Å². The van der Waals surface area contributed by atoms with Crippen molar-refractivity contribution in [3.63, 3.8) is 0 Å². The summed E-state index contributed by atoms with van der Waals surface area (Å²) in [6, 6.07) is -0.715. The molecule has 0 saturated carbocycles. The second-order valence-electron chi connectivity index (χ2n) is 17.2. The lowest BCUT2D eigenvalue weighted by molar-refractivity contribution is -0.302. The third-order valence-electron chi connectivity index (χ3n) is 11.6. The van der Waals surface area contributed by atoms with E-state index in [-0.39, 0.29) is 12.5 Å². The van der Waals surface area contributed by atoms with Crippen LogP contribution in [0.3, 0.4) is 0 Å². The number of rotatable bonds is 41. The van der Waals surface area contributed by atoms with Gasteiger partial charge in [0.25, 0.3) is 0 Å². The van der Waals surface area contributed by atoms with Gasteiger partial charge in [0.2, 0.25) is 5.91 Å². The SMILES string of the molecule is CC/C=C\C/C=C\C/C=C\C/C=C\C/C=C\CCCCCCCCCCCCCCCCCCCC(=O)NC(COC1OC(CO)C(O)C(O)C1O)C(O)CCCCCCC. The number of carbonyl (C=O) groups excluding carboxylic acids is 1. The van der Waals surface area contributed by atoms with Crippen LogP contribution in [-0.4, -0.2) is 87.5 Å². The fraction of sp³-hybridized carbons (Fsp3) is 0.788. The predicted molar refractivity (Wildman–Crippen MR) is 253 cm³/mol. The molecule has 0 aromatic carbocycles. The number of amides is 1. The molecule has 9 nitrogen and oxygen atoms in total. The summed E-state index contributed by atoms with van der Waals surface area (Å²) in [5, 5.41) is 53.9. The lowest BCUT2D eigenvalue weighted by Crippen LogP contribution is -2.60. The third-order valence-corrected chi connectivity index (χ3v) is 11.6. The van der Waals surface area contributed by atoms with E-state index in [2.05, 4.69) is 79.9 Å². The summed E-state index contributed by atoms with van der Waals surface area (Å²) in [5.41, 5.74) is 0. The first-order valence-corrected chi connectivity index (χ1v) is 25.0. The Morgan fingerprint density at radius 3 is 1.51 bits per heavy atom. The van der Waals surface area contributed by atoms with E-state index in [0.29, 0.717) is 12.8 Å². The molecule has 7 unspecified atom stereocenters. The van der Waals surface area contributed by atoms with Gasteiger partial charge < -0.3 is 40.3 Å². The molecule has 9 heteroatoms. The highest BCUT2D eigenvalue weighted by atomic mass is 16.7. The number of hydrogen-bond acceptors (Lipinski definition) is 8.